The predicted octanol–water partition coefficient (Wildman–Crippen LogP) is 5.32. The van der Waals surface area contributed by atoms with Crippen LogP contribution in [0.1, 0.15) is 135 Å². The Morgan fingerprint density at radius 3 is 1.11 bits per heavy atom. The Bertz CT molecular complexity index is 463. The number of hydrogen-bond acceptors (Lipinski definition) is 5. The van der Waals surface area contributed by atoms with Crippen molar-refractivity contribution in [1.82, 2.24) is 0 Å². The quantitative estimate of drug-likeness (QED) is 0.0748. The van der Waals surface area contributed by atoms with E-state index in [0.717, 1.165) is 13.0 Å². The van der Waals surface area contributed by atoms with Crippen LogP contribution in [-0.4, -0.2) is 88.2 Å². The molecule has 0 saturated carbocycles. The van der Waals surface area contributed by atoms with Crippen LogP contribution in [0.3, 0.4) is 0 Å². The summed E-state index contributed by atoms with van der Waals surface area (Å²) in [5.74, 6) is 0. The molecule has 0 rings (SSSR count). The van der Waals surface area contributed by atoms with Crippen LogP contribution < -0.4 is 0 Å². The first-order valence-corrected chi connectivity index (χ1v) is 15.4. The summed E-state index contributed by atoms with van der Waals surface area (Å²) in [7, 11) is 4.00. The Kier molecular flexibility index (Phi) is 23.7. The number of rotatable bonds is 27. The molecule has 0 heterocycles. The molecule has 0 aromatic rings. The smallest absolute Gasteiger partial charge is 0.131 e. The molecule has 4 atom stereocenters. The molecule has 5 N–H and O–H groups in total. The van der Waals surface area contributed by atoms with Crippen molar-refractivity contribution in [1.29, 1.82) is 0 Å². The summed E-state index contributed by atoms with van der Waals surface area (Å²) in [5.41, 5.74) is 0. The van der Waals surface area contributed by atoms with Gasteiger partial charge < -0.3 is 30.0 Å². The summed E-state index contributed by atoms with van der Waals surface area (Å²) in [6.07, 6.45) is 21.6. The molecule has 0 aliphatic carbocycles. The van der Waals surface area contributed by atoms with Gasteiger partial charge in [0.2, 0.25) is 0 Å². The van der Waals surface area contributed by atoms with Gasteiger partial charge in [0.15, 0.2) is 0 Å². The van der Waals surface area contributed by atoms with Crippen LogP contribution in [-0.2, 0) is 0 Å². The van der Waals surface area contributed by atoms with E-state index in [2.05, 4.69) is 6.92 Å². The zero-order valence-corrected chi connectivity index (χ0v) is 24.3. The molecule has 0 aliphatic rings. The van der Waals surface area contributed by atoms with Gasteiger partial charge in [0.25, 0.3) is 0 Å². The number of quaternary nitrogens is 1. The summed E-state index contributed by atoms with van der Waals surface area (Å²) < 4.78 is 0.541. The van der Waals surface area contributed by atoms with E-state index < -0.39 is 31.0 Å². The Morgan fingerprint density at radius 2 is 0.778 bits per heavy atom. The highest BCUT2D eigenvalue weighted by Crippen LogP contribution is 2.16. The van der Waals surface area contributed by atoms with E-state index in [-0.39, 0.29) is 6.54 Å². The molecule has 6 heteroatoms. The van der Waals surface area contributed by atoms with E-state index in [1.165, 1.54) is 122 Å². The molecule has 0 aromatic heterocycles. The van der Waals surface area contributed by atoms with Gasteiger partial charge in [-0.3, -0.25) is 0 Å². The Hall–Kier alpha value is -0.240. The second-order valence-electron chi connectivity index (χ2n) is 11.9. The number of aliphatic hydroxyl groups is 5. The number of likely N-dealkylation sites (N-methyl/N-ethyl adjacent to an activating group) is 1. The maximum absolute atomic E-state index is 10.2. The van der Waals surface area contributed by atoms with Gasteiger partial charge in [-0.15, -0.1) is 0 Å². The topological polar surface area (TPSA) is 101 Å². The van der Waals surface area contributed by atoms with Crippen molar-refractivity contribution in [2.24, 2.45) is 0 Å². The molecule has 0 bridgehead atoms. The van der Waals surface area contributed by atoms with Crippen molar-refractivity contribution in [3.8, 4) is 0 Å². The molecule has 0 fully saturated rings. The van der Waals surface area contributed by atoms with Gasteiger partial charge in [0, 0.05) is 0 Å². The minimum Gasteiger partial charge on any atom is -0.394 e. The molecule has 0 unspecified atom stereocenters. The number of unbranched alkanes of at least 4 members (excludes halogenated alkanes) is 19. The molecule has 0 spiro atoms. The van der Waals surface area contributed by atoms with Crippen LogP contribution >= 0.6 is 0 Å². The van der Waals surface area contributed by atoms with Crippen LogP contribution in [0.2, 0.25) is 0 Å². The molecule has 6 nitrogen and oxygen atoms in total. The van der Waals surface area contributed by atoms with Crippen molar-refractivity contribution < 1.29 is 30.0 Å². The Balaban J connectivity index is 3.49. The molecule has 0 radical (unpaired) electrons. The van der Waals surface area contributed by atoms with E-state index in [4.69, 9.17) is 5.11 Å². The van der Waals surface area contributed by atoms with Crippen LogP contribution in [0.5, 0.6) is 0 Å². The second kappa shape index (κ2) is 23.8. The SMILES string of the molecule is CCCCCCCCCCCCCCCCCCCCCC[N+](C)(C)C[C@H](O)[C@H](O)[C@H](O)[C@H](O)CO. The van der Waals surface area contributed by atoms with Crippen LogP contribution in [0.15, 0.2) is 0 Å². The average Bonchev–Trinajstić information content (AvgIpc) is 2.85. The largest absolute Gasteiger partial charge is 0.394 e. The third kappa shape index (κ3) is 20.8. The summed E-state index contributed by atoms with van der Waals surface area (Å²) in [4.78, 5) is 0. The van der Waals surface area contributed by atoms with Crippen molar-refractivity contribution in [2.45, 2.75) is 160 Å². The van der Waals surface area contributed by atoms with Gasteiger partial charge in [-0.1, -0.05) is 122 Å². The van der Waals surface area contributed by atoms with E-state index in [9.17, 15) is 20.4 Å². The summed E-state index contributed by atoms with van der Waals surface area (Å²) in [5, 5.41) is 48.3. The molecule has 0 amide bonds. The van der Waals surface area contributed by atoms with Gasteiger partial charge >= 0.3 is 0 Å². The molecule has 218 valence electrons. The van der Waals surface area contributed by atoms with Gasteiger partial charge in [-0.25, -0.2) is 0 Å². The normalized spacial score (nSPS) is 15.7. The molecule has 0 saturated heterocycles. The molecular formula is C30H64NO5+. The van der Waals surface area contributed by atoms with Gasteiger partial charge in [0.05, 0.1) is 27.2 Å². The minimum atomic E-state index is -1.55. The van der Waals surface area contributed by atoms with E-state index in [1.54, 1.807) is 0 Å². The third-order valence-electron chi connectivity index (χ3n) is 7.62. The maximum atomic E-state index is 10.2. The Labute approximate surface area is 223 Å². The molecule has 36 heavy (non-hydrogen) atoms. The van der Waals surface area contributed by atoms with Crippen LogP contribution in [0.4, 0.5) is 0 Å². The Morgan fingerprint density at radius 1 is 0.472 bits per heavy atom. The highest BCUT2D eigenvalue weighted by atomic mass is 16.4. The summed E-state index contributed by atoms with van der Waals surface area (Å²) in [6.45, 7) is 2.81. The standard InChI is InChI=1S/C30H64NO5/c1-4-5-6-7-8-9-10-11-12-13-14-15-16-17-18-19-20-21-22-23-24-31(2,3)25-27(33)29(35)30(36)28(34)26-32/h27-30,32-36H,4-26H2,1-3H3/q+1/t27-,28+,29-,30+/m0/s1. The lowest BCUT2D eigenvalue weighted by Crippen LogP contribution is -2.54. The first-order valence-electron chi connectivity index (χ1n) is 15.4. The first kappa shape index (κ1) is 35.8. The highest BCUT2D eigenvalue weighted by Gasteiger charge is 2.33. The highest BCUT2D eigenvalue weighted by molar-refractivity contribution is 4.80. The fourth-order valence-corrected chi connectivity index (χ4v) is 5.06. The van der Waals surface area contributed by atoms with Crippen molar-refractivity contribution in [3.63, 3.8) is 0 Å². The van der Waals surface area contributed by atoms with Crippen molar-refractivity contribution >= 4 is 0 Å². The van der Waals surface area contributed by atoms with Crippen LogP contribution in [0.25, 0.3) is 0 Å². The fourth-order valence-electron chi connectivity index (χ4n) is 5.06. The number of nitrogens with zero attached hydrogens (tertiary/aromatic N) is 1. The van der Waals surface area contributed by atoms with Gasteiger partial charge in [-0.05, 0) is 12.8 Å². The molecule has 0 aromatic carbocycles. The fraction of sp³-hybridized carbons (Fsp3) is 1.00. The summed E-state index contributed by atoms with van der Waals surface area (Å²) in [6, 6.07) is 0. The predicted molar refractivity (Wildman–Crippen MR) is 151 cm³/mol. The van der Waals surface area contributed by atoms with E-state index in [0.29, 0.717) is 4.48 Å². The monoisotopic (exact) mass is 518 g/mol. The second-order valence-corrected chi connectivity index (χ2v) is 11.9. The number of hydrogen-bond donors (Lipinski definition) is 5. The lowest BCUT2D eigenvalue weighted by Gasteiger charge is -2.34. The van der Waals surface area contributed by atoms with Gasteiger partial charge in [0.1, 0.15) is 31.0 Å². The zero-order valence-electron chi connectivity index (χ0n) is 24.3. The van der Waals surface area contributed by atoms with Crippen molar-refractivity contribution in [2.75, 3.05) is 33.8 Å². The van der Waals surface area contributed by atoms with Crippen LogP contribution in [0, 0.1) is 0 Å². The van der Waals surface area contributed by atoms with Gasteiger partial charge in [-0.2, -0.15) is 0 Å². The molecular weight excluding hydrogens is 454 g/mol. The zero-order chi connectivity index (χ0) is 27.1. The average molecular weight is 519 g/mol. The minimum absolute atomic E-state index is 0.287. The van der Waals surface area contributed by atoms with Crippen molar-refractivity contribution in [3.05, 3.63) is 0 Å². The molecule has 0 aliphatic heterocycles. The number of aliphatic hydroxyl groups excluding tert-OH is 5. The maximum Gasteiger partial charge on any atom is 0.131 e. The summed E-state index contributed by atoms with van der Waals surface area (Å²) >= 11 is 0. The van der Waals surface area contributed by atoms with E-state index in [1.807, 2.05) is 14.1 Å². The third-order valence-corrected chi connectivity index (χ3v) is 7.62. The first-order chi connectivity index (χ1) is 17.2. The van der Waals surface area contributed by atoms with E-state index >= 15 is 0 Å². The lowest BCUT2D eigenvalue weighted by atomic mass is 10.0. The lowest BCUT2D eigenvalue weighted by molar-refractivity contribution is -0.894.